The summed E-state index contributed by atoms with van der Waals surface area (Å²) in [6.45, 7) is -0.234. The molecule has 0 radical (unpaired) electrons. The first-order valence-corrected chi connectivity index (χ1v) is 8.58. The molecule has 0 bridgehead atoms. The van der Waals surface area contributed by atoms with Gasteiger partial charge in [-0.3, -0.25) is 0 Å². The van der Waals surface area contributed by atoms with Crippen molar-refractivity contribution in [2.24, 2.45) is 0 Å². The highest BCUT2D eigenvalue weighted by Crippen LogP contribution is 2.43. The minimum Gasteiger partial charge on any atom is -0.496 e. The molecular formula is C19H18BrNO5. The van der Waals surface area contributed by atoms with Crippen LogP contribution in [0.1, 0.15) is 5.56 Å². The zero-order valence-corrected chi connectivity index (χ0v) is 16.2. The minimum atomic E-state index is -0.234. The van der Waals surface area contributed by atoms with Crippen molar-refractivity contribution in [1.29, 1.82) is 0 Å². The Morgan fingerprint density at radius 1 is 0.962 bits per heavy atom. The van der Waals surface area contributed by atoms with Crippen LogP contribution >= 0.6 is 15.9 Å². The number of rotatable bonds is 6. The summed E-state index contributed by atoms with van der Waals surface area (Å²) >= 11 is 3.41. The van der Waals surface area contributed by atoms with E-state index in [-0.39, 0.29) is 6.61 Å². The largest absolute Gasteiger partial charge is 0.496 e. The van der Waals surface area contributed by atoms with Crippen LogP contribution in [0, 0.1) is 0 Å². The molecule has 0 atom stereocenters. The van der Waals surface area contributed by atoms with E-state index >= 15 is 0 Å². The van der Waals surface area contributed by atoms with Crippen LogP contribution in [0.3, 0.4) is 0 Å². The second kappa shape index (κ2) is 7.80. The van der Waals surface area contributed by atoms with Crippen LogP contribution in [0.5, 0.6) is 17.2 Å². The van der Waals surface area contributed by atoms with Gasteiger partial charge in [-0.05, 0) is 18.2 Å². The van der Waals surface area contributed by atoms with E-state index in [0.717, 1.165) is 10.0 Å². The topological polar surface area (TPSA) is 74.0 Å². The predicted molar refractivity (Wildman–Crippen MR) is 101 cm³/mol. The number of nitrogens with zero attached hydrogens (tertiary/aromatic N) is 1. The SMILES string of the molecule is COc1cc(OC)c(-c2onc(-c3ccc(Br)cc3)c2CO)cc1OC. The molecule has 1 aromatic heterocycles. The fourth-order valence-corrected chi connectivity index (χ4v) is 2.97. The van der Waals surface area contributed by atoms with Crippen LogP contribution in [0.25, 0.3) is 22.6 Å². The van der Waals surface area contributed by atoms with Crippen LogP contribution in [-0.4, -0.2) is 31.6 Å². The monoisotopic (exact) mass is 419 g/mol. The van der Waals surface area contributed by atoms with Gasteiger partial charge in [0.2, 0.25) is 0 Å². The molecule has 0 fully saturated rings. The van der Waals surface area contributed by atoms with Crippen molar-refractivity contribution in [3.8, 4) is 39.8 Å². The normalized spacial score (nSPS) is 10.7. The molecule has 7 heteroatoms. The fourth-order valence-electron chi connectivity index (χ4n) is 2.71. The summed E-state index contributed by atoms with van der Waals surface area (Å²) in [4.78, 5) is 0. The molecule has 3 aromatic rings. The Morgan fingerprint density at radius 2 is 1.58 bits per heavy atom. The van der Waals surface area contributed by atoms with Crippen molar-refractivity contribution in [3.05, 3.63) is 46.4 Å². The van der Waals surface area contributed by atoms with Crippen molar-refractivity contribution in [2.45, 2.75) is 6.61 Å². The summed E-state index contributed by atoms with van der Waals surface area (Å²) in [7, 11) is 4.65. The molecule has 136 valence electrons. The van der Waals surface area contributed by atoms with Gasteiger partial charge >= 0.3 is 0 Å². The standard InChI is InChI=1S/C19H18BrNO5/c1-23-15-9-17(25-3)16(24-2)8-13(15)19-14(10-22)18(21-26-19)11-4-6-12(20)7-5-11/h4-9,22H,10H2,1-3H3. The maximum atomic E-state index is 9.95. The van der Waals surface area contributed by atoms with Crippen molar-refractivity contribution >= 4 is 15.9 Å². The number of aliphatic hydroxyl groups is 1. The predicted octanol–water partition coefficient (Wildman–Crippen LogP) is 4.29. The highest BCUT2D eigenvalue weighted by Gasteiger charge is 2.23. The van der Waals surface area contributed by atoms with Gasteiger partial charge in [-0.25, -0.2) is 0 Å². The molecule has 0 spiro atoms. The molecule has 1 heterocycles. The lowest BCUT2D eigenvalue weighted by molar-refractivity contribution is 0.281. The van der Waals surface area contributed by atoms with Gasteiger partial charge < -0.3 is 23.8 Å². The van der Waals surface area contributed by atoms with Crippen molar-refractivity contribution in [3.63, 3.8) is 0 Å². The Balaban J connectivity index is 2.17. The smallest absolute Gasteiger partial charge is 0.176 e. The second-order valence-electron chi connectivity index (χ2n) is 5.41. The fraction of sp³-hybridized carbons (Fsp3) is 0.211. The average Bonchev–Trinajstić information content (AvgIpc) is 3.11. The van der Waals surface area contributed by atoms with Crippen LogP contribution in [0.4, 0.5) is 0 Å². The Morgan fingerprint density at radius 3 is 2.15 bits per heavy atom. The maximum absolute atomic E-state index is 9.95. The minimum absolute atomic E-state index is 0.234. The van der Waals surface area contributed by atoms with Crippen molar-refractivity contribution in [2.75, 3.05) is 21.3 Å². The van der Waals surface area contributed by atoms with Gasteiger partial charge in [-0.2, -0.15) is 0 Å². The lowest BCUT2D eigenvalue weighted by atomic mass is 10.0. The Bertz CT molecular complexity index is 905. The number of halogens is 1. The highest BCUT2D eigenvalue weighted by molar-refractivity contribution is 9.10. The second-order valence-corrected chi connectivity index (χ2v) is 6.33. The number of ether oxygens (including phenoxy) is 3. The molecule has 6 nitrogen and oxygen atoms in total. The molecule has 1 N–H and O–H groups in total. The lowest BCUT2D eigenvalue weighted by Crippen LogP contribution is -1.96. The first kappa shape index (κ1) is 18.3. The highest BCUT2D eigenvalue weighted by atomic mass is 79.9. The van der Waals surface area contributed by atoms with E-state index < -0.39 is 0 Å². The van der Waals surface area contributed by atoms with E-state index in [1.807, 2.05) is 24.3 Å². The van der Waals surface area contributed by atoms with Gasteiger partial charge in [0.25, 0.3) is 0 Å². The van der Waals surface area contributed by atoms with Gasteiger partial charge in [0.05, 0.1) is 39.1 Å². The number of hydrogen-bond acceptors (Lipinski definition) is 6. The molecule has 2 aromatic carbocycles. The van der Waals surface area contributed by atoms with E-state index in [1.165, 1.54) is 0 Å². The van der Waals surface area contributed by atoms with Gasteiger partial charge in [0, 0.05) is 16.1 Å². The quantitative estimate of drug-likeness (QED) is 0.642. The van der Waals surface area contributed by atoms with Gasteiger partial charge in [-0.1, -0.05) is 33.2 Å². The number of aromatic nitrogens is 1. The molecule has 0 saturated carbocycles. The van der Waals surface area contributed by atoms with Crippen LogP contribution in [0.2, 0.25) is 0 Å². The first-order chi connectivity index (χ1) is 12.6. The zero-order valence-electron chi connectivity index (χ0n) is 14.6. The summed E-state index contributed by atoms with van der Waals surface area (Å²) in [5.74, 6) is 2.00. The summed E-state index contributed by atoms with van der Waals surface area (Å²) in [5.41, 5.74) is 2.60. The van der Waals surface area contributed by atoms with Crippen LogP contribution in [-0.2, 0) is 6.61 Å². The summed E-state index contributed by atoms with van der Waals surface area (Å²) in [6, 6.07) is 11.1. The molecule has 0 unspecified atom stereocenters. The lowest BCUT2D eigenvalue weighted by Gasteiger charge is -2.13. The third-order valence-electron chi connectivity index (χ3n) is 4.01. The average molecular weight is 420 g/mol. The van der Waals surface area contributed by atoms with E-state index in [0.29, 0.717) is 39.8 Å². The van der Waals surface area contributed by atoms with Crippen molar-refractivity contribution < 1.29 is 23.8 Å². The molecular weight excluding hydrogens is 402 g/mol. The first-order valence-electron chi connectivity index (χ1n) is 7.78. The molecule has 0 aliphatic carbocycles. The van der Waals surface area contributed by atoms with Crippen molar-refractivity contribution in [1.82, 2.24) is 5.16 Å². The maximum Gasteiger partial charge on any atom is 0.176 e. The van der Waals surface area contributed by atoms with E-state index in [9.17, 15) is 5.11 Å². The summed E-state index contributed by atoms with van der Waals surface area (Å²) < 4.78 is 22.7. The van der Waals surface area contributed by atoms with Crippen LogP contribution < -0.4 is 14.2 Å². The number of benzene rings is 2. The van der Waals surface area contributed by atoms with E-state index in [1.54, 1.807) is 33.5 Å². The molecule has 0 aliphatic rings. The van der Waals surface area contributed by atoms with Gasteiger partial charge in [0.15, 0.2) is 17.3 Å². The van der Waals surface area contributed by atoms with Gasteiger partial charge in [0.1, 0.15) is 11.4 Å². The molecule has 3 rings (SSSR count). The Labute approximate surface area is 159 Å². The summed E-state index contributed by atoms with van der Waals surface area (Å²) in [5, 5.41) is 14.1. The molecule has 26 heavy (non-hydrogen) atoms. The van der Waals surface area contributed by atoms with Gasteiger partial charge in [-0.15, -0.1) is 0 Å². The zero-order chi connectivity index (χ0) is 18.7. The number of methoxy groups -OCH3 is 3. The Hall–Kier alpha value is -2.51. The number of hydrogen-bond donors (Lipinski definition) is 1. The molecule has 0 amide bonds. The summed E-state index contributed by atoms with van der Waals surface area (Å²) in [6.07, 6.45) is 0. The van der Waals surface area contributed by atoms with E-state index in [4.69, 9.17) is 18.7 Å². The number of aliphatic hydroxyl groups excluding tert-OH is 1. The third kappa shape index (κ3) is 3.27. The van der Waals surface area contributed by atoms with E-state index in [2.05, 4.69) is 21.1 Å². The third-order valence-corrected chi connectivity index (χ3v) is 4.54. The molecule has 0 saturated heterocycles. The molecule has 0 aliphatic heterocycles. The Kier molecular flexibility index (Phi) is 5.49. The van der Waals surface area contributed by atoms with Crippen LogP contribution in [0.15, 0.2) is 45.4 Å².